The summed E-state index contributed by atoms with van der Waals surface area (Å²) in [5.74, 6) is 0.849. The Balaban J connectivity index is 1.51. The van der Waals surface area contributed by atoms with Crippen molar-refractivity contribution in [3.63, 3.8) is 0 Å². The number of nitrogens with zero attached hydrogens (tertiary/aromatic N) is 5. The molecular weight excluding hydrogens is 420 g/mol. The van der Waals surface area contributed by atoms with E-state index in [-0.39, 0.29) is 17.5 Å². The Morgan fingerprint density at radius 1 is 1.18 bits per heavy atom. The van der Waals surface area contributed by atoms with Gasteiger partial charge in [-0.15, -0.1) is 0 Å². The Morgan fingerprint density at radius 3 is 2.76 bits per heavy atom. The van der Waals surface area contributed by atoms with Crippen LogP contribution in [0.2, 0.25) is 0 Å². The topological polar surface area (TPSA) is 118 Å². The Bertz CT molecular complexity index is 1400. The van der Waals surface area contributed by atoms with Crippen LogP contribution in [0.5, 0.6) is 0 Å². The molecule has 1 saturated carbocycles. The van der Waals surface area contributed by atoms with Crippen molar-refractivity contribution >= 4 is 28.9 Å². The van der Waals surface area contributed by atoms with Gasteiger partial charge in [-0.3, -0.25) is 19.1 Å². The molecule has 1 amide bonds. The maximum Gasteiger partial charge on any atom is 0.278 e. The van der Waals surface area contributed by atoms with Crippen LogP contribution in [0.3, 0.4) is 0 Å². The molecule has 0 unspecified atom stereocenters. The van der Waals surface area contributed by atoms with Crippen LogP contribution in [0.4, 0.5) is 17.3 Å². The number of nitrogens with one attached hydrogen (secondary N) is 3. The highest BCUT2D eigenvalue weighted by molar-refractivity contribution is 6.00. The molecule has 1 aliphatic carbocycles. The number of rotatable bonds is 6. The first-order valence-corrected chi connectivity index (χ1v) is 10.8. The highest BCUT2D eigenvalue weighted by Crippen LogP contribution is 2.23. The standard InChI is InChI=1S/C23H24N8O2/c1-14-9-16(12-25-11-14)30-8-4-7-18(23(30)33)28-19-10-20(24-2)31-21(29-19)17(13-26-31)22(32)27-15-5-3-6-15/h4,7-13,15,24H,3,5-6H2,1-2H3,(H,27,32)(H,28,29). The number of aryl methyl sites for hydroxylation is 1. The summed E-state index contributed by atoms with van der Waals surface area (Å²) in [6, 6.07) is 7.30. The van der Waals surface area contributed by atoms with E-state index in [0.717, 1.165) is 24.8 Å². The molecule has 0 aromatic carbocycles. The molecule has 5 rings (SSSR count). The van der Waals surface area contributed by atoms with Gasteiger partial charge in [0, 0.05) is 31.5 Å². The summed E-state index contributed by atoms with van der Waals surface area (Å²) in [5, 5.41) is 13.5. The molecule has 0 atom stereocenters. The van der Waals surface area contributed by atoms with Crippen molar-refractivity contribution in [2.75, 3.05) is 17.7 Å². The van der Waals surface area contributed by atoms with Crippen molar-refractivity contribution in [2.24, 2.45) is 0 Å². The molecule has 0 spiro atoms. The second-order valence-electron chi connectivity index (χ2n) is 8.11. The third-order valence-electron chi connectivity index (χ3n) is 5.76. The van der Waals surface area contributed by atoms with Gasteiger partial charge in [-0.2, -0.15) is 9.61 Å². The molecule has 1 fully saturated rings. The molecular formula is C23H24N8O2. The van der Waals surface area contributed by atoms with Crippen LogP contribution in [0.1, 0.15) is 35.2 Å². The predicted molar refractivity (Wildman–Crippen MR) is 125 cm³/mol. The smallest absolute Gasteiger partial charge is 0.278 e. The van der Waals surface area contributed by atoms with Gasteiger partial charge >= 0.3 is 0 Å². The van der Waals surface area contributed by atoms with Crippen LogP contribution in [-0.2, 0) is 0 Å². The SMILES string of the molecule is CNc1cc(Nc2cccn(-c3cncc(C)c3)c2=O)nc2c(C(=O)NC3CCC3)cnn12. The molecule has 3 N–H and O–H groups in total. The third kappa shape index (κ3) is 3.91. The number of amides is 1. The number of carbonyl (C=O) groups excluding carboxylic acids is 1. The molecule has 33 heavy (non-hydrogen) atoms. The Kier molecular flexibility index (Phi) is 5.25. The van der Waals surface area contributed by atoms with E-state index in [0.29, 0.717) is 34.2 Å². The minimum atomic E-state index is -0.242. The highest BCUT2D eigenvalue weighted by atomic mass is 16.2. The largest absolute Gasteiger partial charge is 0.373 e. The summed E-state index contributed by atoms with van der Waals surface area (Å²) >= 11 is 0. The van der Waals surface area contributed by atoms with E-state index < -0.39 is 0 Å². The van der Waals surface area contributed by atoms with Crippen LogP contribution < -0.4 is 21.5 Å². The number of pyridine rings is 2. The molecule has 0 radical (unpaired) electrons. The van der Waals surface area contributed by atoms with Gasteiger partial charge < -0.3 is 16.0 Å². The summed E-state index contributed by atoms with van der Waals surface area (Å²) in [6.07, 6.45) is 9.69. The first kappa shape index (κ1) is 20.7. The molecule has 0 aliphatic heterocycles. The van der Waals surface area contributed by atoms with Crippen molar-refractivity contribution in [3.8, 4) is 5.69 Å². The van der Waals surface area contributed by atoms with E-state index in [2.05, 4.69) is 31.0 Å². The zero-order valence-electron chi connectivity index (χ0n) is 18.4. The van der Waals surface area contributed by atoms with Gasteiger partial charge in [0.25, 0.3) is 11.5 Å². The van der Waals surface area contributed by atoms with Gasteiger partial charge in [0.2, 0.25) is 0 Å². The molecule has 0 saturated heterocycles. The van der Waals surface area contributed by atoms with Gasteiger partial charge in [0.15, 0.2) is 5.65 Å². The molecule has 4 aromatic heterocycles. The Hall–Kier alpha value is -4.21. The van der Waals surface area contributed by atoms with Crippen LogP contribution in [0.15, 0.2) is 53.8 Å². The van der Waals surface area contributed by atoms with E-state index in [1.165, 1.54) is 10.8 Å². The monoisotopic (exact) mass is 444 g/mol. The maximum absolute atomic E-state index is 13.1. The van der Waals surface area contributed by atoms with Gasteiger partial charge in [-0.25, -0.2) is 4.98 Å². The first-order chi connectivity index (χ1) is 16.0. The number of carbonyl (C=O) groups is 1. The lowest BCUT2D eigenvalue weighted by Crippen LogP contribution is -2.39. The number of aromatic nitrogens is 5. The summed E-state index contributed by atoms with van der Waals surface area (Å²) in [7, 11) is 1.76. The second kappa shape index (κ2) is 8.38. The molecule has 10 nitrogen and oxygen atoms in total. The number of fused-ring (bicyclic) bond motifs is 1. The lowest BCUT2D eigenvalue weighted by Gasteiger charge is -2.26. The van der Waals surface area contributed by atoms with E-state index in [1.54, 1.807) is 48.4 Å². The van der Waals surface area contributed by atoms with Crippen LogP contribution in [-0.4, -0.2) is 43.1 Å². The van der Waals surface area contributed by atoms with Crippen LogP contribution in [0.25, 0.3) is 11.3 Å². The molecule has 4 heterocycles. The average Bonchev–Trinajstić information content (AvgIpc) is 3.21. The van der Waals surface area contributed by atoms with Crippen LogP contribution >= 0.6 is 0 Å². The minimum Gasteiger partial charge on any atom is -0.373 e. The fourth-order valence-corrected chi connectivity index (χ4v) is 3.78. The Labute approximate surface area is 189 Å². The second-order valence-corrected chi connectivity index (χ2v) is 8.11. The lowest BCUT2D eigenvalue weighted by atomic mass is 9.93. The Morgan fingerprint density at radius 2 is 2.03 bits per heavy atom. The van der Waals surface area contributed by atoms with E-state index in [4.69, 9.17) is 0 Å². The van der Waals surface area contributed by atoms with Gasteiger partial charge in [0.1, 0.15) is 22.9 Å². The van der Waals surface area contributed by atoms with E-state index in [9.17, 15) is 9.59 Å². The average molecular weight is 444 g/mol. The fraction of sp³-hybridized carbons (Fsp3) is 0.261. The number of hydrogen-bond acceptors (Lipinski definition) is 7. The third-order valence-corrected chi connectivity index (χ3v) is 5.76. The summed E-state index contributed by atoms with van der Waals surface area (Å²) in [5.41, 5.74) is 2.52. The molecule has 168 valence electrons. The van der Waals surface area contributed by atoms with E-state index >= 15 is 0 Å². The summed E-state index contributed by atoms with van der Waals surface area (Å²) < 4.78 is 3.10. The van der Waals surface area contributed by atoms with Crippen molar-refractivity contribution in [1.82, 2.24) is 29.5 Å². The predicted octanol–water partition coefficient (Wildman–Crippen LogP) is 2.65. The summed E-state index contributed by atoms with van der Waals surface area (Å²) in [6.45, 7) is 1.92. The van der Waals surface area contributed by atoms with Gasteiger partial charge in [0.05, 0.1) is 18.1 Å². The molecule has 1 aliphatic rings. The maximum atomic E-state index is 13.1. The van der Waals surface area contributed by atoms with Crippen molar-refractivity contribution in [1.29, 1.82) is 0 Å². The lowest BCUT2D eigenvalue weighted by molar-refractivity contribution is 0.0918. The summed E-state index contributed by atoms with van der Waals surface area (Å²) in [4.78, 5) is 34.7. The van der Waals surface area contributed by atoms with E-state index in [1.807, 2.05) is 13.0 Å². The highest BCUT2D eigenvalue weighted by Gasteiger charge is 2.23. The van der Waals surface area contributed by atoms with Gasteiger partial charge in [-0.1, -0.05) is 0 Å². The van der Waals surface area contributed by atoms with Crippen molar-refractivity contribution < 1.29 is 4.79 Å². The zero-order valence-corrected chi connectivity index (χ0v) is 18.4. The first-order valence-electron chi connectivity index (χ1n) is 10.8. The minimum absolute atomic E-state index is 0.199. The quantitative estimate of drug-likeness (QED) is 0.418. The molecule has 4 aromatic rings. The van der Waals surface area contributed by atoms with Crippen molar-refractivity contribution in [2.45, 2.75) is 32.2 Å². The number of hydrogen-bond donors (Lipinski definition) is 3. The number of anilines is 3. The van der Waals surface area contributed by atoms with Gasteiger partial charge in [-0.05, 0) is 49.9 Å². The zero-order chi connectivity index (χ0) is 22.9. The molecule has 0 bridgehead atoms. The van der Waals surface area contributed by atoms with Crippen molar-refractivity contribution in [3.05, 3.63) is 70.5 Å². The fourth-order valence-electron chi connectivity index (χ4n) is 3.78. The normalized spacial score (nSPS) is 13.5. The molecule has 10 heteroatoms. The van der Waals surface area contributed by atoms with Crippen LogP contribution in [0, 0.1) is 6.92 Å².